The molecule has 1 aliphatic carbocycles. The number of amides is 1. The maximum Gasteiger partial charge on any atom is 0.329 e. The summed E-state index contributed by atoms with van der Waals surface area (Å²) in [5.74, 6) is 0.978. The first-order chi connectivity index (χ1) is 17.8. The largest absolute Gasteiger partial charge is 0.360 e. The Hall–Kier alpha value is -3.62. The molecular weight excluding hydrogens is 470 g/mol. The van der Waals surface area contributed by atoms with Crippen LogP contribution in [0.5, 0.6) is 0 Å². The summed E-state index contributed by atoms with van der Waals surface area (Å²) in [6.45, 7) is 7.31. The SMILES string of the molecule is CCc1onc(C(C)C)c1C(=O)N1CCCC(Cn2c(=O)cc(Nc3ccc4c(c3)CCC4)[nH]c2=O)C1. The highest BCUT2D eigenvalue weighted by atomic mass is 16.5. The van der Waals surface area contributed by atoms with Crippen LogP contribution in [-0.4, -0.2) is 38.6 Å². The normalized spacial score (nSPS) is 17.3. The van der Waals surface area contributed by atoms with Crippen LogP contribution in [0.15, 0.2) is 38.4 Å². The lowest BCUT2D eigenvalue weighted by Crippen LogP contribution is -2.44. The van der Waals surface area contributed by atoms with Crippen LogP contribution < -0.4 is 16.6 Å². The number of aromatic amines is 1. The summed E-state index contributed by atoms with van der Waals surface area (Å²) in [6.07, 6.45) is 5.56. The van der Waals surface area contributed by atoms with Gasteiger partial charge < -0.3 is 14.7 Å². The summed E-state index contributed by atoms with van der Waals surface area (Å²) in [7, 11) is 0. The number of aryl methyl sites for hydroxylation is 3. The first-order valence-corrected chi connectivity index (χ1v) is 13.3. The van der Waals surface area contributed by atoms with Crippen LogP contribution in [0.3, 0.4) is 0 Å². The highest BCUT2D eigenvalue weighted by molar-refractivity contribution is 5.96. The van der Waals surface area contributed by atoms with Crippen LogP contribution in [0.25, 0.3) is 0 Å². The highest BCUT2D eigenvalue weighted by Crippen LogP contribution is 2.28. The lowest BCUT2D eigenvalue weighted by molar-refractivity contribution is 0.0657. The molecule has 1 fully saturated rings. The van der Waals surface area contributed by atoms with Gasteiger partial charge in [0.2, 0.25) is 0 Å². The number of rotatable bonds is 7. The molecule has 1 aromatic carbocycles. The van der Waals surface area contributed by atoms with Gasteiger partial charge >= 0.3 is 5.69 Å². The quantitative estimate of drug-likeness (QED) is 0.502. The number of piperidine rings is 1. The van der Waals surface area contributed by atoms with Crippen LogP contribution >= 0.6 is 0 Å². The van der Waals surface area contributed by atoms with E-state index < -0.39 is 5.69 Å². The summed E-state index contributed by atoms with van der Waals surface area (Å²) in [4.78, 5) is 43.9. The number of nitrogens with zero attached hydrogens (tertiary/aromatic N) is 3. The number of H-pyrrole nitrogens is 1. The molecule has 1 atom stereocenters. The van der Waals surface area contributed by atoms with E-state index in [9.17, 15) is 14.4 Å². The van der Waals surface area contributed by atoms with Gasteiger partial charge in [0.05, 0.1) is 5.69 Å². The predicted octanol–water partition coefficient (Wildman–Crippen LogP) is 4.00. The predicted molar refractivity (Wildman–Crippen MR) is 142 cm³/mol. The van der Waals surface area contributed by atoms with Crippen molar-refractivity contribution in [1.29, 1.82) is 0 Å². The molecule has 196 valence electrons. The standard InChI is InChI=1S/C28H35N5O4/c1-4-22-25(26(17(2)3)31-37-22)27(35)32-12-6-7-18(15-32)16-33-24(34)14-23(30-28(33)36)29-21-11-10-19-8-5-9-20(19)13-21/h10-11,13-14,17-18,29H,4-9,12,15-16H2,1-3H3,(H,30,36). The fraction of sp³-hybridized carbons (Fsp3) is 0.500. The number of hydrogen-bond donors (Lipinski definition) is 2. The molecule has 1 amide bonds. The summed E-state index contributed by atoms with van der Waals surface area (Å²) >= 11 is 0. The third-order valence-corrected chi connectivity index (χ3v) is 7.52. The first kappa shape index (κ1) is 25.0. The van der Waals surface area contributed by atoms with E-state index in [1.54, 1.807) is 0 Å². The van der Waals surface area contributed by atoms with E-state index in [4.69, 9.17) is 4.52 Å². The molecule has 1 unspecified atom stereocenters. The highest BCUT2D eigenvalue weighted by Gasteiger charge is 2.31. The Bertz CT molecular complexity index is 1390. The molecular formula is C28H35N5O4. The first-order valence-electron chi connectivity index (χ1n) is 13.3. The number of carbonyl (C=O) groups is 1. The van der Waals surface area contributed by atoms with Gasteiger partial charge in [0.1, 0.15) is 17.1 Å². The second-order valence-corrected chi connectivity index (χ2v) is 10.5. The van der Waals surface area contributed by atoms with E-state index >= 15 is 0 Å². The Kier molecular flexibility index (Phi) is 7.04. The summed E-state index contributed by atoms with van der Waals surface area (Å²) < 4.78 is 6.69. The van der Waals surface area contributed by atoms with E-state index in [-0.39, 0.29) is 29.8 Å². The van der Waals surface area contributed by atoms with Gasteiger partial charge in [-0.25, -0.2) is 4.79 Å². The average Bonchev–Trinajstić information content (AvgIpc) is 3.53. The summed E-state index contributed by atoms with van der Waals surface area (Å²) in [5, 5.41) is 7.32. The van der Waals surface area contributed by atoms with Crippen molar-refractivity contribution in [3.05, 3.63) is 73.2 Å². The minimum Gasteiger partial charge on any atom is -0.360 e. The van der Waals surface area contributed by atoms with Crippen LogP contribution in [0.1, 0.15) is 78.9 Å². The molecule has 1 saturated heterocycles. The molecule has 37 heavy (non-hydrogen) atoms. The number of likely N-dealkylation sites (tertiary alicyclic amines) is 1. The molecule has 3 aromatic rings. The third kappa shape index (κ3) is 5.12. The Balaban J connectivity index is 1.30. The van der Waals surface area contributed by atoms with Gasteiger partial charge in [-0.05, 0) is 67.2 Å². The van der Waals surface area contributed by atoms with Crippen molar-refractivity contribution in [2.75, 3.05) is 18.4 Å². The molecule has 3 heterocycles. The molecule has 0 radical (unpaired) electrons. The fourth-order valence-corrected chi connectivity index (χ4v) is 5.58. The number of anilines is 2. The topological polar surface area (TPSA) is 113 Å². The van der Waals surface area contributed by atoms with E-state index in [0.717, 1.165) is 37.8 Å². The monoisotopic (exact) mass is 505 g/mol. The molecule has 5 rings (SSSR count). The molecule has 9 heteroatoms. The molecule has 9 nitrogen and oxygen atoms in total. The lowest BCUT2D eigenvalue weighted by Gasteiger charge is -2.33. The molecule has 1 aliphatic heterocycles. The lowest BCUT2D eigenvalue weighted by atomic mass is 9.95. The fourth-order valence-electron chi connectivity index (χ4n) is 5.58. The van der Waals surface area contributed by atoms with E-state index in [0.29, 0.717) is 42.3 Å². The van der Waals surface area contributed by atoms with Gasteiger partial charge in [-0.15, -0.1) is 0 Å². The van der Waals surface area contributed by atoms with Crippen molar-refractivity contribution in [3.63, 3.8) is 0 Å². The second kappa shape index (κ2) is 10.4. The Morgan fingerprint density at radius 3 is 2.76 bits per heavy atom. The number of nitrogens with one attached hydrogen (secondary N) is 2. The summed E-state index contributed by atoms with van der Waals surface area (Å²) in [5.41, 5.74) is 3.98. The molecule has 0 saturated carbocycles. The zero-order valence-electron chi connectivity index (χ0n) is 21.8. The zero-order valence-corrected chi connectivity index (χ0v) is 21.8. The number of hydrogen-bond acceptors (Lipinski definition) is 6. The minimum atomic E-state index is -0.450. The van der Waals surface area contributed by atoms with Crippen molar-refractivity contribution in [1.82, 2.24) is 19.6 Å². The van der Waals surface area contributed by atoms with E-state index in [1.165, 1.54) is 21.8 Å². The second-order valence-electron chi connectivity index (χ2n) is 10.5. The zero-order chi connectivity index (χ0) is 26.1. The van der Waals surface area contributed by atoms with Gasteiger partial charge in [0.25, 0.3) is 11.5 Å². The Morgan fingerprint density at radius 1 is 1.19 bits per heavy atom. The smallest absolute Gasteiger partial charge is 0.329 e. The molecule has 0 bridgehead atoms. The van der Waals surface area contributed by atoms with Gasteiger partial charge in [0, 0.05) is 37.8 Å². The van der Waals surface area contributed by atoms with Crippen LogP contribution in [0.2, 0.25) is 0 Å². The van der Waals surface area contributed by atoms with Crippen molar-refractivity contribution in [2.45, 2.75) is 71.8 Å². The average molecular weight is 506 g/mol. The van der Waals surface area contributed by atoms with Gasteiger partial charge in [-0.1, -0.05) is 32.0 Å². The van der Waals surface area contributed by atoms with Crippen LogP contribution in [-0.2, 0) is 25.8 Å². The van der Waals surface area contributed by atoms with Gasteiger partial charge in [-0.2, -0.15) is 0 Å². The maximum absolute atomic E-state index is 13.5. The number of benzene rings is 1. The Morgan fingerprint density at radius 2 is 2.00 bits per heavy atom. The van der Waals surface area contributed by atoms with Crippen molar-refractivity contribution < 1.29 is 9.32 Å². The van der Waals surface area contributed by atoms with Gasteiger partial charge in [0.15, 0.2) is 0 Å². The summed E-state index contributed by atoms with van der Waals surface area (Å²) in [6, 6.07) is 7.60. The van der Waals surface area contributed by atoms with E-state index in [1.807, 2.05) is 31.7 Å². The number of carbonyl (C=O) groups excluding carboxylic acids is 1. The van der Waals surface area contributed by atoms with Gasteiger partial charge in [-0.3, -0.25) is 19.1 Å². The van der Waals surface area contributed by atoms with Crippen molar-refractivity contribution >= 4 is 17.4 Å². The van der Waals surface area contributed by atoms with E-state index in [2.05, 4.69) is 27.6 Å². The molecule has 2 aromatic heterocycles. The maximum atomic E-state index is 13.5. The Labute approximate surface area is 215 Å². The number of aromatic nitrogens is 3. The molecule has 2 aliphatic rings. The van der Waals surface area contributed by atoms with Crippen LogP contribution in [0, 0.1) is 5.92 Å². The third-order valence-electron chi connectivity index (χ3n) is 7.52. The minimum absolute atomic E-state index is 0.000503. The molecule has 2 N–H and O–H groups in total. The molecule has 0 spiro atoms. The van der Waals surface area contributed by atoms with Crippen molar-refractivity contribution in [3.8, 4) is 0 Å². The number of fused-ring (bicyclic) bond motifs is 1. The van der Waals surface area contributed by atoms with Crippen LogP contribution in [0.4, 0.5) is 11.5 Å². The van der Waals surface area contributed by atoms with Crippen molar-refractivity contribution in [2.24, 2.45) is 5.92 Å².